The lowest BCUT2D eigenvalue weighted by molar-refractivity contribution is -0.925. The Bertz CT molecular complexity index is 1170. The minimum atomic E-state index is -0.273. The predicted molar refractivity (Wildman–Crippen MR) is 115 cm³/mol. The zero-order chi connectivity index (χ0) is 20.7. The van der Waals surface area contributed by atoms with Gasteiger partial charge in [0.15, 0.2) is 6.04 Å². The van der Waals surface area contributed by atoms with E-state index in [2.05, 4.69) is 21.0 Å². The number of nitrogens with one attached hydrogen (secondary N) is 1. The Labute approximate surface area is 181 Å². The number of quaternary nitrogens is 1. The molecule has 0 radical (unpaired) electrons. The number of thiazole rings is 1. The SMILES string of the molecule is Oc1c([C@@H](c2ccc(F)cc2)[NH+]2CCN(c3cccc(Cl)c3)CC2)sc2ncnn12. The Balaban J connectivity index is 1.46. The van der Waals surface area contributed by atoms with E-state index in [9.17, 15) is 9.50 Å². The molecule has 154 valence electrons. The van der Waals surface area contributed by atoms with Crippen molar-refractivity contribution >= 4 is 33.6 Å². The monoisotopic (exact) mass is 444 g/mol. The lowest BCUT2D eigenvalue weighted by atomic mass is 10.0. The second-order valence-corrected chi connectivity index (χ2v) is 8.80. The van der Waals surface area contributed by atoms with Gasteiger partial charge in [-0.1, -0.05) is 29.0 Å². The van der Waals surface area contributed by atoms with Crippen LogP contribution in [0.3, 0.4) is 0 Å². The van der Waals surface area contributed by atoms with Gasteiger partial charge in [-0.15, -0.1) is 0 Å². The van der Waals surface area contributed by atoms with Crippen LogP contribution in [0.15, 0.2) is 54.9 Å². The maximum absolute atomic E-state index is 13.6. The van der Waals surface area contributed by atoms with E-state index in [-0.39, 0.29) is 17.7 Å². The van der Waals surface area contributed by atoms with Crippen molar-refractivity contribution in [1.29, 1.82) is 0 Å². The molecule has 1 fully saturated rings. The molecule has 2 N–H and O–H groups in total. The van der Waals surface area contributed by atoms with Crippen LogP contribution in [0.25, 0.3) is 4.96 Å². The predicted octanol–water partition coefficient (Wildman–Crippen LogP) is 2.78. The summed E-state index contributed by atoms with van der Waals surface area (Å²) < 4.78 is 15.0. The van der Waals surface area contributed by atoms with E-state index in [4.69, 9.17) is 11.6 Å². The molecule has 4 aromatic rings. The maximum atomic E-state index is 13.6. The second-order valence-electron chi connectivity index (χ2n) is 7.35. The third-order valence-corrected chi connectivity index (χ3v) is 6.93. The smallest absolute Gasteiger partial charge is 0.235 e. The van der Waals surface area contributed by atoms with Gasteiger partial charge in [-0.2, -0.15) is 9.61 Å². The summed E-state index contributed by atoms with van der Waals surface area (Å²) in [5, 5.41) is 15.7. The molecule has 0 spiro atoms. The first-order valence-electron chi connectivity index (χ1n) is 9.72. The molecule has 30 heavy (non-hydrogen) atoms. The minimum absolute atomic E-state index is 0.103. The summed E-state index contributed by atoms with van der Waals surface area (Å²) >= 11 is 7.58. The highest BCUT2D eigenvalue weighted by atomic mass is 35.5. The number of hydrogen-bond donors (Lipinski definition) is 2. The lowest BCUT2D eigenvalue weighted by Gasteiger charge is -2.37. The first-order valence-corrected chi connectivity index (χ1v) is 10.9. The highest BCUT2D eigenvalue weighted by molar-refractivity contribution is 7.17. The maximum Gasteiger partial charge on any atom is 0.235 e. The van der Waals surface area contributed by atoms with Crippen molar-refractivity contribution in [3.8, 4) is 5.88 Å². The Morgan fingerprint density at radius 1 is 1.13 bits per heavy atom. The van der Waals surface area contributed by atoms with E-state index >= 15 is 0 Å². The van der Waals surface area contributed by atoms with Crippen LogP contribution in [0.4, 0.5) is 10.1 Å². The Kier molecular flexibility index (Phi) is 5.06. The van der Waals surface area contributed by atoms with Crippen molar-refractivity contribution in [1.82, 2.24) is 14.6 Å². The number of aromatic hydroxyl groups is 1. The molecule has 0 saturated carbocycles. The van der Waals surface area contributed by atoms with Crippen LogP contribution in [0, 0.1) is 5.82 Å². The third kappa shape index (κ3) is 3.51. The number of halogens is 2. The fourth-order valence-corrected chi connectivity index (χ4v) is 5.42. The molecule has 0 bridgehead atoms. The van der Waals surface area contributed by atoms with Crippen molar-refractivity contribution in [2.45, 2.75) is 6.04 Å². The van der Waals surface area contributed by atoms with Gasteiger partial charge in [0.1, 0.15) is 17.0 Å². The first kappa shape index (κ1) is 19.3. The van der Waals surface area contributed by atoms with Gasteiger partial charge in [-0.25, -0.2) is 9.37 Å². The van der Waals surface area contributed by atoms with Gasteiger partial charge in [-0.3, -0.25) is 0 Å². The summed E-state index contributed by atoms with van der Waals surface area (Å²) in [6, 6.07) is 14.3. The summed E-state index contributed by atoms with van der Waals surface area (Å²) in [5.74, 6) is -0.170. The van der Waals surface area contributed by atoms with E-state index in [1.165, 1.54) is 39.2 Å². The fraction of sp³-hybridized carbons (Fsp3) is 0.238. The van der Waals surface area contributed by atoms with Crippen molar-refractivity contribution < 1.29 is 14.4 Å². The topological polar surface area (TPSA) is 58.1 Å². The van der Waals surface area contributed by atoms with Crippen LogP contribution in [0.1, 0.15) is 16.5 Å². The van der Waals surface area contributed by atoms with E-state index < -0.39 is 0 Å². The van der Waals surface area contributed by atoms with E-state index in [0.29, 0.717) is 4.96 Å². The molecule has 5 rings (SSSR count). The number of piperazine rings is 1. The summed E-state index contributed by atoms with van der Waals surface area (Å²) in [6.45, 7) is 3.44. The number of anilines is 1. The van der Waals surface area contributed by atoms with Crippen LogP contribution < -0.4 is 9.80 Å². The summed E-state index contributed by atoms with van der Waals surface area (Å²) in [6.07, 6.45) is 1.43. The molecule has 1 aliphatic heterocycles. The van der Waals surface area contributed by atoms with Gasteiger partial charge in [0, 0.05) is 16.3 Å². The highest BCUT2D eigenvalue weighted by Crippen LogP contribution is 2.34. The number of rotatable bonds is 4. The molecule has 2 aromatic carbocycles. The molecule has 0 amide bonds. The fourth-order valence-electron chi connectivity index (χ4n) is 4.12. The Morgan fingerprint density at radius 2 is 1.90 bits per heavy atom. The van der Waals surface area contributed by atoms with Crippen molar-refractivity contribution in [2.75, 3.05) is 31.1 Å². The number of hydrogen-bond acceptors (Lipinski definition) is 5. The van der Waals surface area contributed by atoms with E-state index in [0.717, 1.165) is 47.3 Å². The Morgan fingerprint density at radius 3 is 2.60 bits per heavy atom. The molecule has 3 heterocycles. The molecule has 0 aliphatic carbocycles. The van der Waals surface area contributed by atoms with Crippen LogP contribution in [0.5, 0.6) is 5.88 Å². The highest BCUT2D eigenvalue weighted by Gasteiger charge is 2.34. The second kappa shape index (κ2) is 7.86. The molecule has 1 saturated heterocycles. The van der Waals surface area contributed by atoms with Gasteiger partial charge in [0.05, 0.1) is 26.2 Å². The quantitative estimate of drug-likeness (QED) is 0.508. The minimum Gasteiger partial charge on any atom is -0.492 e. The Hall–Kier alpha value is -2.68. The van der Waals surface area contributed by atoms with Crippen LogP contribution in [-0.4, -0.2) is 45.9 Å². The normalized spacial score (nSPS) is 16.3. The third-order valence-electron chi connectivity index (χ3n) is 5.59. The molecule has 0 unspecified atom stereocenters. The van der Waals surface area contributed by atoms with Crippen molar-refractivity contribution in [2.24, 2.45) is 0 Å². The molecule has 2 aromatic heterocycles. The van der Waals surface area contributed by atoms with Crippen LogP contribution in [-0.2, 0) is 0 Å². The zero-order valence-corrected chi connectivity index (χ0v) is 17.6. The zero-order valence-electron chi connectivity index (χ0n) is 16.0. The molecule has 6 nitrogen and oxygen atoms in total. The van der Waals surface area contributed by atoms with Gasteiger partial charge in [0.25, 0.3) is 0 Å². The van der Waals surface area contributed by atoms with Crippen LogP contribution in [0.2, 0.25) is 5.02 Å². The molecule has 9 heteroatoms. The summed E-state index contributed by atoms with van der Waals surface area (Å²) in [4.78, 5) is 9.28. The molecule has 1 aliphatic rings. The first-order chi connectivity index (χ1) is 14.6. The van der Waals surface area contributed by atoms with Gasteiger partial charge < -0.3 is 14.9 Å². The van der Waals surface area contributed by atoms with Gasteiger partial charge in [-0.05, 0) is 42.5 Å². The van der Waals surface area contributed by atoms with Gasteiger partial charge >= 0.3 is 0 Å². The number of fused-ring (bicyclic) bond motifs is 1. The van der Waals surface area contributed by atoms with Gasteiger partial charge in [0.2, 0.25) is 10.8 Å². The molecule has 1 atom stereocenters. The summed E-state index contributed by atoms with van der Waals surface area (Å²) in [5.41, 5.74) is 2.07. The molecular formula is C21H20ClFN5OS+. The largest absolute Gasteiger partial charge is 0.492 e. The van der Waals surface area contributed by atoms with E-state index in [1.54, 1.807) is 12.1 Å². The average molecular weight is 445 g/mol. The van der Waals surface area contributed by atoms with Crippen LogP contribution >= 0.6 is 22.9 Å². The average Bonchev–Trinajstić information content (AvgIpc) is 3.34. The number of benzene rings is 2. The number of aromatic nitrogens is 3. The van der Waals surface area contributed by atoms with Crippen molar-refractivity contribution in [3.63, 3.8) is 0 Å². The molecular weight excluding hydrogens is 425 g/mol. The van der Waals surface area contributed by atoms with E-state index in [1.807, 2.05) is 18.2 Å². The van der Waals surface area contributed by atoms with Crippen molar-refractivity contribution in [3.05, 3.63) is 76.1 Å². The standard InChI is InChI=1S/C21H19ClFN5OS/c22-15-2-1-3-17(12-15)26-8-10-27(11-9-26)18(14-4-6-16(23)7-5-14)19-20(29)28-21(30-19)24-13-25-28/h1-7,12-13,18,29H,8-11H2/p+1/t18-/m1/s1. The summed E-state index contributed by atoms with van der Waals surface area (Å²) in [7, 11) is 0. The lowest BCUT2D eigenvalue weighted by Crippen LogP contribution is -3.15. The number of nitrogens with zero attached hydrogens (tertiary/aromatic N) is 4.